The molecule has 0 saturated carbocycles. The van der Waals surface area contributed by atoms with Gasteiger partial charge in [0, 0.05) is 0 Å². The van der Waals surface area contributed by atoms with Crippen molar-refractivity contribution in [2.75, 3.05) is 13.2 Å². The highest BCUT2D eigenvalue weighted by Crippen LogP contribution is 2.29. The molecule has 1 fully saturated rings. The number of benzene rings is 1. The van der Waals surface area contributed by atoms with Crippen LogP contribution in [0.5, 0.6) is 0 Å². The molecule has 0 spiro atoms. The van der Waals surface area contributed by atoms with Crippen molar-refractivity contribution in [1.29, 1.82) is 0 Å². The third-order valence-electron chi connectivity index (χ3n) is 3.69. The molecule has 0 amide bonds. The van der Waals surface area contributed by atoms with Crippen LogP contribution in [0.15, 0.2) is 18.2 Å². The zero-order valence-corrected chi connectivity index (χ0v) is 12.1. The number of rotatable bonds is 5. The molecule has 0 N–H and O–H groups in total. The first-order valence-electron chi connectivity index (χ1n) is 6.81. The van der Waals surface area contributed by atoms with Gasteiger partial charge in [0.2, 0.25) is 5.69 Å². The molecule has 0 bridgehead atoms. The molecular weight excluding hydrogens is 254 g/mol. The van der Waals surface area contributed by atoms with Gasteiger partial charge in [0.25, 0.3) is 0 Å². The summed E-state index contributed by atoms with van der Waals surface area (Å²) in [6.07, 6.45) is 0.997. The Hall–Kier alpha value is -1.86. The first-order valence-corrected chi connectivity index (χ1v) is 6.81. The highest BCUT2D eigenvalue weighted by atomic mass is 16.6. The minimum absolute atomic E-state index is 0.233. The van der Waals surface area contributed by atoms with Crippen LogP contribution in [-0.4, -0.2) is 24.8 Å². The van der Waals surface area contributed by atoms with Crippen molar-refractivity contribution in [1.82, 2.24) is 0 Å². The normalized spacial score (nSPS) is 21.9. The molecule has 0 aromatic heterocycles. The van der Waals surface area contributed by atoms with E-state index in [9.17, 15) is 4.79 Å². The second-order valence-electron chi connectivity index (χ2n) is 5.51. The first-order chi connectivity index (χ1) is 9.49. The monoisotopic (exact) mass is 273 g/mol. The van der Waals surface area contributed by atoms with Gasteiger partial charge in [-0.3, -0.25) is 0 Å². The van der Waals surface area contributed by atoms with E-state index in [1.807, 2.05) is 13.0 Å². The van der Waals surface area contributed by atoms with Crippen LogP contribution in [0.2, 0.25) is 0 Å². The molecule has 20 heavy (non-hydrogen) atoms. The van der Waals surface area contributed by atoms with Crippen LogP contribution in [0.4, 0.5) is 5.69 Å². The highest BCUT2D eigenvalue weighted by Gasteiger charge is 2.40. The molecule has 4 heteroatoms. The average molecular weight is 273 g/mol. The number of nitrogens with zero attached hydrogens (tertiary/aromatic N) is 1. The predicted molar refractivity (Wildman–Crippen MR) is 76.0 cm³/mol. The van der Waals surface area contributed by atoms with Crippen molar-refractivity contribution in [3.05, 3.63) is 40.7 Å². The Labute approximate surface area is 119 Å². The van der Waals surface area contributed by atoms with E-state index in [4.69, 9.17) is 16.0 Å². The molecule has 1 aromatic rings. The van der Waals surface area contributed by atoms with Gasteiger partial charge in [-0.25, -0.2) is 9.64 Å². The molecule has 1 heterocycles. The van der Waals surface area contributed by atoms with E-state index < -0.39 is 5.97 Å². The van der Waals surface area contributed by atoms with E-state index in [1.54, 1.807) is 12.1 Å². The van der Waals surface area contributed by atoms with Gasteiger partial charge in [-0.1, -0.05) is 37.6 Å². The lowest BCUT2D eigenvalue weighted by molar-refractivity contribution is 0.0412. The van der Waals surface area contributed by atoms with Gasteiger partial charge >= 0.3 is 5.97 Å². The second kappa shape index (κ2) is 5.64. The molecule has 2 rings (SSSR count). The number of hydrogen-bond donors (Lipinski definition) is 0. The molecular formula is C16H19NO3. The Morgan fingerprint density at radius 3 is 2.85 bits per heavy atom. The Bertz CT molecular complexity index is 555. The molecule has 1 saturated heterocycles. The van der Waals surface area contributed by atoms with Crippen molar-refractivity contribution in [3.63, 3.8) is 0 Å². The number of ether oxygens (including phenoxy) is 2. The number of esters is 1. The van der Waals surface area contributed by atoms with E-state index in [1.165, 1.54) is 0 Å². The molecule has 2 unspecified atom stereocenters. The van der Waals surface area contributed by atoms with Crippen molar-refractivity contribution >= 4 is 11.7 Å². The van der Waals surface area contributed by atoms with Gasteiger partial charge in [0.05, 0.1) is 18.7 Å². The number of hydrogen-bond acceptors (Lipinski definition) is 3. The van der Waals surface area contributed by atoms with Crippen LogP contribution >= 0.6 is 0 Å². The molecule has 2 atom stereocenters. The van der Waals surface area contributed by atoms with Crippen molar-refractivity contribution in [2.45, 2.75) is 38.7 Å². The van der Waals surface area contributed by atoms with E-state index in [0.717, 1.165) is 12.0 Å². The smallest absolute Gasteiger partial charge is 0.327 e. The molecule has 1 aliphatic rings. The minimum atomic E-state index is -0.455. The van der Waals surface area contributed by atoms with Gasteiger partial charge in [-0.05, 0) is 19.3 Å². The average Bonchev–Trinajstić information content (AvgIpc) is 3.21. The summed E-state index contributed by atoms with van der Waals surface area (Å²) >= 11 is 0. The maximum Gasteiger partial charge on any atom is 0.327 e. The quantitative estimate of drug-likeness (QED) is 0.467. The summed E-state index contributed by atoms with van der Waals surface area (Å²) in [6, 6.07) is 5.37. The van der Waals surface area contributed by atoms with E-state index in [0.29, 0.717) is 23.8 Å². The lowest BCUT2D eigenvalue weighted by atomic mass is 9.96. The third-order valence-corrected chi connectivity index (χ3v) is 3.69. The van der Waals surface area contributed by atoms with Crippen LogP contribution in [0.25, 0.3) is 4.85 Å². The van der Waals surface area contributed by atoms with E-state index in [-0.39, 0.29) is 12.2 Å². The Balaban J connectivity index is 2.14. The van der Waals surface area contributed by atoms with Crippen LogP contribution < -0.4 is 0 Å². The summed E-state index contributed by atoms with van der Waals surface area (Å²) < 4.78 is 10.4. The molecule has 1 aliphatic heterocycles. The van der Waals surface area contributed by atoms with Gasteiger partial charge in [-0.2, -0.15) is 0 Å². The molecule has 0 aliphatic carbocycles. The standard InChI is InChI=1S/C16H19NO3/c1-5-11(2)12-6-7-13(14(8-12)17-4)15(18)19-9-16(3)10-20-16/h6-8,11H,5,9-10H2,1-3H3. The van der Waals surface area contributed by atoms with E-state index in [2.05, 4.69) is 18.7 Å². The van der Waals surface area contributed by atoms with Crippen molar-refractivity contribution in [3.8, 4) is 0 Å². The van der Waals surface area contributed by atoms with Crippen LogP contribution in [0, 0.1) is 6.57 Å². The van der Waals surface area contributed by atoms with Crippen LogP contribution in [0.1, 0.15) is 49.0 Å². The lowest BCUT2D eigenvalue weighted by Gasteiger charge is -2.12. The topological polar surface area (TPSA) is 43.2 Å². The van der Waals surface area contributed by atoms with Gasteiger partial charge in [-0.15, -0.1) is 0 Å². The first kappa shape index (κ1) is 14.5. The Morgan fingerprint density at radius 1 is 1.60 bits per heavy atom. The summed E-state index contributed by atoms with van der Waals surface area (Å²) in [7, 11) is 0. The van der Waals surface area contributed by atoms with Crippen molar-refractivity contribution in [2.24, 2.45) is 0 Å². The van der Waals surface area contributed by atoms with E-state index >= 15 is 0 Å². The van der Waals surface area contributed by atoms with Gasteiger partial charge in [0.15, 0.2) is 0 Å². The fourth-order valence-corrected chi connectivity index (χ4v) is 1.86. The zero-order valence-electron chi connectivity index (χ0n) is 12.1. The molecule has 106 valence electrons. The maximum absolute atomic E-state index is 12.0. The second-order valence-corrected chi connectivity index (χ2v) is 5.51. The molecule has 4 nitrogen and oxygen atoms in total. The number of epoxide rings is 1. The Morgan fingerprint density at radius 2 is 2.30 bits per heavy atom. The summed E-state index contributed by atoms with van der Waals surface area (Å²) in [5.41, 5.74) is 1.43. The zero-order chi connectivity index (χ0) is 14.8. The highest BCUT2D eigenvalue weighted by molar-refractivity contribution is 5.96. The lowest BCUT2D eigenvalue weighted by Crippen LogP contribution is -2.18. The van der Waals surface area contributed by atoms with Crippen molar-refractivity contribution < 1.29 is 14.3 Å². The predicted octanol–water partition coefficient (Wildman–Crippen LogP) is 3.70. The fourth-order valence-electron chi connectivity index (χ4n) is 1.86. The fraction of sp³-hybridized carbons (Fsp3) is 0.500. The summed E-state index contributed by atoms with van der Waals surface area (Å²) in [5, 5.41) is 0. The maximum atomic E-state index is 12.0. The minimum Gasteiger partial charge on any atom is -0.460 e. The van der Waals surface area contributed by atoms with Crippen LogP contribution in [0.3, 0.4) is 0 Å². The summed E-state index contributed by atoms with van der Waals surface area (Å²) in [5.74, 6) is -0.0808. The largest absolute Gasteiger partial charge is 0.460 e. The SMILES string of the molecule is [C-]#[N+]c1cc(C(C)CC)ccc1C(=O)OCC1(C)CO1. The molecule has 1 aromatic carbocycles. The third kappa shape index (κ3) is 3.17. The summed E-state index contributed by atoms with van der Waals surface area (Å²) in [6.45, 7) is 14.2. The van der Waals surface area contributed by atoms with Gasteiger partial charge < -0.3 is 9.47 Å². The van der Waals surface area contributed by atoms with Gasteiger partial charge in [0.1, 0.15) is 12.2 Å². The molecule has 0 radical (unpaired) electrons. The Kier molecular flexibility index (Phi) is 4.10. The summed E-state index contributed by atoms with van der Waals surface area (Å²) in [4.78, 5) is 15.5. The number of carbonyl (C=O) groups is 1. The van der Waals surface area contributed by atoms with Crippen LogP contribution in [-0.2, 0) is 9.47 Å². The number of carbonyl (C=O) groups excluding carboxylic acids is 1.